The van der Waals surface area contributed by atoms with Crippen molar-refractivity contribution in [1.82, 2.24) is 0 Å². The van der Waals surface area contributed by atoms with Crippen LogP contribution in [0.1, 0.15) is 12.8 Å². The van der Waals surface area contributed by atoms with Crippen LogP contribution in [0.2, 0.25) is 0 Å². The van der Waals surface area contributed by atoms with Gasteiger partial charge in [0, 0.05) is 20.1 Å². The van der Waals surface area contributed by atoms with Crippen LogP contribution >= 0.6 is 0 Å². The maximum atomic E-state index is 5.28. The second-order valence-electron chi connectivity index (χ2n) is 2.76. The van der Waals surface area contributed by atoms with Gasteiger partial charge in [-0.3, -0.25) is 0 Å². The van der Waals surface area contributed by atoms with E-state index < -0.39 is 0 Å². The third kappa shape index (κ3) is 1.95. The van der Waals surface area contributed by atoms with E-state index in [2.05, 4.69) is 14.1 Å². The number of hydrogen-bond acceptors (Lipinski definition) is 1. The molecular formula is C7H15NO. The molecule has 1 rings (SSSR count). The predicted molar refractivity (Wildman–Crippen MR) is 36.1 cm³/mol. The molecule has 9 heavy (non-hydrogen) atoms. The highest BCUT2D eigenvalue weighted by atomic mass is 16.5. The van der Waals surface area contributed by atoms with Crippen molar-refractivity contribution in [1.29, 1.82) is 0 Å². The predicted octanol–water partition coefficient (Wildman–Crippen LogP) is -0.528. The molecule has 0 aliphatic carbocycles. The Morgan fingerprint density at radius 3 is 2.78 bits per heavy atom. The van der Waals surface area contributed by atoms with Crippen molar-refractivity contribution in [3.63, 3.8) is 0 Å². The van der Waals surface area contributed by atoms with Gasteiger partial charge < -0.3 is 9.64 Å². The second kappa shape index (κ2) is 3.18. The van der Waals surface area contributed by atoms with Gasteiger partial charge in [0.15, 0.2) is 0 Å². The van der Waals surface area contributed by atoms with E-state index in [4.69, 9.17) is 4.74 Å². The van der Waals surface area contributed by atoms with Crippen LogP contribution in [0.25, 0.3) is 0 Å². The summed E-state index contributed by atoms with van der Waals surface area (Å²) in [6.45, 7) is 1.85. The highest BCUT2D eigenvalue weighted by Crippen LogP contribution is 2.01. The van der Waals surface area contributed by atoms with Crippen molar-refractivity contribution < 1.29 is 9.64 Å². The summed E-state index contributed by atoms with van der Waals surface area (Å²) in [5.74, 6) is 0. The Morgan fingerprint density at radius 2 is 2.44 bits per heavy atom. The van der Waals surface area contributed by atoms with Crippen molar-refractivity contribution in [3.05, 3.63) is 7.05 Å². The molecule has 0 saturated carbocycles. The van der Waals surface area contributed by atoms with Crippen molar-refractivity contribution in [2.24, 2.45) is 0 Å². The zero-order valence-electron chi connectivity index (χ0n) is 6.02. The summed E-state index contributed by atoms with van der Waals surface area (Å²) in [4.78, 5) is 1.27. The van der Waals surface area contributed by atoms with E-state index in [1.54, 1.807) is 0 Å². The van der Waals surface area contributed by atoms with Gasteiger partial charge >= 0.3 is 0 Å². The zero-order valence-corrected chi connectivity index (χ0v) is 6.02. The maximum absolute atomic E-state index is 5.28. The molecule has 54 valence electrons. The molecule has 2 atom stereocenters. The number of likely N-dealkylation sites (N-methyl/N-ethyl adjacent to an activating group) is 1. The lowest BCUT2D eigenvalue weighted by atomic mass is 10.1. The molecule has 1 aliphatic heterocycles. The van der Waals surface area contributed by atoms with Crippen LogP contribution in [0, 0.1) is 7.05 Å². The molecule has 2 unspecified atom stereocenters. The number of ether oxygens (including phenoxy) is 1. The number of nitrogens with one attached hydrogen (secondary N) is 1. The van der Waals surface area contributed by atoms with Gasteiger partial charge in [-0.2, -0.15) is 7.05 Å². The fourth-order valence-electron chi connectivity index (χ4n) is 1.13. The largest absolute Gasteiger partial charge is 0.466 e. The first kappa shape index (κ1) is 7.03. The average molecular weight is 129 g/mol. The maximum Gasteiger partial charge on any atom is 0.0963 e. The highest BCUT2D eigenvalue weighted by molar-refractivity contribution is 4.59. The van der Waals surface area contributed by atoms with Crippen molar-refractivity contribution in [2.45, 2.75) is 18.9 Å². The van der Waals surface area contributed by atoms with Crippen LogP contribution < -0.4 is 4.90 Å². The molecule has 0 spiro atoms. The van der Waals surface area contributed by atoms with Gasteiger partial charge in [-0.15, -0.1) is 0 Å². The standard InChI is InChI=1S/C7H15NO/c1-8(2)7-4-3-5-9-6-7/h7-8H,1,3-6H2,2H3. The molecule has 0 amide bonds. The minimum atomic E-state index is 0.638. The summed E-state index contributed by atoms with van der Waals surface area (Å²) in [5.41, 5.74) is 0. The molecule has 0 radical (unpaired) electrons. The molecule has 2 heteroatoms. The first-order valence-corrected chi connectivity index (χ1v) is 3.54. The minimum Gasteiger partial charge on any atom is -0.466 e. The van der Waals surface area contributed by atoms with Crippen molar-refractivity contribution in [3.8, 4) is 0 Å². The van der Waals surface area contributed by atoms with E-state index in [0.717, 1.165) is 13.2 Å². The molecule has 0 bridgehead atoms. The van der Waals surface area contributed by atoms with Crippen LogP contribution in [0.3, 0.4) is 0 Å². The number of rotatable bonds is 1. The summed E-state index contributed by atoms with van der Waals surface area (Å²) < 4.78 is 5.28. The Bertz CT molecular complexity index is 77.0. The second-order valence-corrected chi connectivity index (χ2v) is 2.76. The van der Waals surface area contributed by atoms with E-state index in [1.807, 2.05) is 0 Å². The first-order chi connectivity index (χ1) is 4.30. The van der Waals surface area contributed by atoms with E-state index >= 15 is 0 Å². The first-order valence-electron chi connectivity index (χ1n) is 3.54. The summed E-state index contributed by atoms with van der Waals surface area (Å²) in [7, 11) is 5.98. The van der Waals surface area contributed by atoms with Gasteiger partial charge in [0.2, 0.25) is 0 Å². The molecule has 2 nitrogen and oxygen atoms in total. The van der Waals surface area contributed by atoms with Crippen LogP contribution in [-0.4, -0.2) is 26.3 Å². The quantitative estimate of drug-likeness (QED) is 0.470. The average Bonchev–Trinajstić information content (AvgIpc) is 1.90. The monoisotopic (exact) mass is 129 g/mol. The highest BCUT2D eigenvalue weighted by Gasteiger charge is 2.15. The minimum absolute atomic E-state index is 0.638. The third-order valence-corrected chi connectivity index (χ3v) is 1.86. The van der Waals surface area contributed by atoms with Gasteiger partial charge in [-0.05, 0) is 6.42 Å². The number of hydrogen-bond donors (Lipinski definition) is 1. The van der Waals surface area contributed by atoms with Crippen LogP contribution in [0.5, 0.6) is 0 Å². The summed E-state index contributed by atoms with van der Waals surface area (Å²) in [5, 5.41) is 0. The fraction of sp³-hybridized carbons (Fsp3) is 0.857. The lowest BCUT2D eigenvalue weighted by Crippen LogP contribution is -3.08. The summed E-state index contributed by atoms with van der Waals surface area (Å²) in [6.07, 6.45) is 2.48. The topological polar surface area (TPSA) is 13.7 Å². The smallest absolute Gasteiger partial charge is 0.0963 e. The summed E-state index contributed by atoms with van der Waals surface area (Å²) in [6, 6.07) is 0.638. The Balaban J connectivity index is 2.23. The van der Waals surface area contributed by atoms with Gasteiger partial charge in [0.05, 0.1) is 12.6 Å². The van der Waals surface area contributed by atoms with E-state index in [0.29, 0.717) is 6.04 Å². The SMILES string of the molecule is [CH2-][NH+](C)C1CCCOC1. The van der Waals surface area contributed by atoms with E-state index in [-0.39, 0.29) is 0 Å². The Kier molecular flexibility index (Phi) is 2.49. The lowest BCUT2D eigenvalue weighted by molar-refractivity contribution is -0.862. The Hall–Kier alpha value is -0.0800. The van der Waals surface area contributed by atoms with Crippen molar-refractivity contribution in [2.75, 3.05) is 20.3 Å². The molecular weight excluding hydrogens is 114 g/mol. The van der Waals surface area contributed by atoms with Crippen LogP contribution in [-0.2, 0) is 4.74 Å². The van der Waals surface area contributed by atoms with E-state index in [1.165, 1.54) is 17.7 Å². The molecule has 1 N–H and O–H groups in total. The Morgan fingerprint density at radius 1 is 1.67 bits per heavy atom. The van der Waals surface area contributed by atoms with Crippen molar-refractivity contribution >= 4 is 0 Å². The van der Waals surface area contributed by atoms with E-state index in [9.17, 15) is 0 Å². The fourth-order valence-corrected chi connectivity index (χ4v) is 1.13. The molecule has 0 aromatic heterocycles. The molecule has 0 aromatic carbocycles. The molecule has 1 fully saturated rings. The molecule has 0 aromatic rings. The number of quaternary nitrogens is 1. The van der Waals surface area contributed by atoms with Gasteiger partial charge in [-0.25, -0.2) is 0 Å². The molecule has 1 aliphatic rings. The molecule has 1 saturated heterocycles. The Labute approximate surface area is 56.8 Å². The normalized spacial score (nSPS) is 32.0. The van der Waals surface area contributed by atoms with Gasteiger partial charge in [-0.1, -0.05) is 0 Å². The van der Waals surface area contributed by atoms with Gasteiger partial charge in [0.25, 0.3) is 0 Å². The molecule has 1 heterocycles. The van der Waals surface area contributed by atoms with Crippen LogP contribution in [0.15, 0.2) is 0 Å². The van der Waals surface area contributed by atoms with Crippen LogP contribution in [0.4, 0.5) is 0 Å². The summed E-state index contributed by atoms with van der Waals surface area (Å²) >= 11 is 0. The lowest BCUT2D eigenvalue weighted by Gasteiger charge is -2.29. The van der Waals surface area contributed by atoms with Gasteiger partial charge in [0.1, 0.15) is 0 Å². The zero-order chi connectivity index (χ0) is 6.69. The third-order valence-electron chi connectivity index (χ3n) is 1.86.